The number of carbonyl (C=O) groups excluding carboxylic acids is 1. The van der Waals surface area contributed by atoms with Crippen molar-refractivity contribution in [3.63, 3.8) is 0 Å². The van der Waals surface area contributed by atoms with Gasteiger partial charge < -0.3 is 9.47 Å². The number of benzene rings is 2. The molecule has 0 aliphatic heterocycles. The molecular weight excluding hydrogens is 360 g/mol. The Labute approximate surface area is 153 Å². The summed E-state index contributed by atoms with van der Waals surface area (Å²) in [6.45, 7) is 0. The van der Waals surface area contributed by atoms with Gasteiger partial charge in [0, 0.05) is 10.1 Å². The van der Waals surface area contributed by atoms with E-state index in [4.69, 9.17) is 21.1 Å². The van der Waals surface area contributed by atoms with Gasteiger partial charge in [-0.05, 0) is 48.0 Å². The minimum atomic E-state index is -0.352. The molecule has 0 atom stereocenters. The van der Waals surface area contributed by atoms with Crippen LogP contribution in [0.15, 0.2) is 47.6 Å². The lowest BCUT2D eigenvalue weighted by atomic mass is 10.2. The zero-order chi connectivity index (χ0) is 17.8. The van der Waals surface area contributed by atoms with E-state index >= 15 is 0 Å². The smallest absolute Gasteiger partial charge is 0.283 e. The highest BCUT2D eigenvalue weighted by Crippen LogP contribution is 2.37. The van der Waals surface area contributed by atoms with E-state index in [2.05, 4.69) is 10.5 Å². The lowest BCUT2D eigenvalue weighted by Crippen LogP contribution is -2.16. The Balaban J connectivity index is 1.75. The number of halogens is 1. The van der Waals surface area contributed by atoms with E-state index in [1.54, 1.807) is 20.4 Å². The van der Waals surface area contributed by atoms with Crippen LogP contribution in [-0.2, 0) is 0 Å². The summed E-state index contributed by atoms with van der Waals surface area (Å²) in [6, 6.07) is 12.8. The molecule has 3 rings (SSSR count). The van der Waals surface area contributed by atoms with Crippen molar-refractivity contribution in [2.24, 2.45) is 5.10 Å². The number of thiophene rings is 1. The summed E-state index contributed by atoms with van der Waals surface area (Å²) < 4.78 is 11.2. The Morgan fingerprint density at radius 1 is 1.12 bits per heavy atom. The van der Waals surface area contributed by atoms with Crippen LogP contribution in [0, 0.1) is 0 Å². The maximum atomic E-state index is 12.3. The van der Waals surface area contributed by atoms with Gasteiger partial charge >= 0.3 is 0 Å². The monoisotopic (exact) mass is 374 g/mol. The molecule has 0 aliphatic carbocycles. The minimum Gasteiger partial charge on any atom is -0.497 e. The van der Waals surface area contributed by atoms with Crippen LogP contribution in [0.4, 0.5) is 0 Å². The van der Waals surface area contributed by atoms with E-state index in [9.17, 15) is 4.79 Å². The highest BCUT2D eigenvalue weighted by molar-refractivity contribution is 7.21. The van der Waals surface area contributed by atoms with E-state index in [1.807, 2.05) is 42.5 Å². The van der Waals surface area contributed by atoms with E-state index in [-0.39, 0.29) is 5.91 Å². The van der Waals surface area contributed by atoms with Crippen LogP contribution in [0.2, 0.25) is 5.02 Å². The van der Waals surface area contributed by atoms with Gasteiger partial charge in [0.2, 0.25) is 0 Å². The van der Waals surface area contributed by atoms with Gasteiger partial charge in [-0.15, -0.1) is 11.3 Å². The number of hydrogen-bond donors (Lipinski definition) is 1. The van der Waals surface area contributed by atoms with E-state index < -0.39 is 0 Å². The number of fused-ring (bicyclic) bond motifs is 1. The first-order chi connectivity index (χ1) is 12.1. The van der Waals surface area contributed by atoms with Crippen LogP contribution < -0.4 is 14.9 Å². The number of amides is 1. The minimum absolute atomic E-state index is 0.352. The van der Waals surface area contributed by atoms with Gasteiger partial charge in [0.1, 0.15) is 16.4 Å². The van der Waals surface area contributed by atoms with Crippen LogP contribution in [0.3, 0.4) is 0 Å². The predicted octanol–water partition coefficient (Wildman–Crippen LogP) is 4.34. The van der Waals surface area contributed by atoms with Gasteiger partial charge in [0.15, 0.2) is 0 Å². The first-order valence-electron chi connectivity index (χ1n) is 7.36. The number of hydrazone groups is 1. The van der Waals surface area contributed by atoms with Crippen molar-refractivity contribution in [2.75, 3.05) is 14.2 Å². The molecule has 1 N–H and O–H groups in total. The van der Waals surface area contributed by atoms with Crippen LogP contribution in [-0.4, -0.2) is 26.3 Å². The summed E-state index contributed by atoms with van der Waals surface area (Å²) >= 11 is 7.62. The van der Waals surface area contributed by atoms with E-state index in [0.29, 0.717) is 9.90 Å². The Morgan fingerprint density at radius 3 is 2.48 bits per heavy atom. The van der Waals surface area contributed by atoms with Gasteiger partial charge in [0.25, 0.3) is 5.91 Å². The van der Waals surface area contributed by atoms with Crippen molar-refractivity contribution in [3.05, 3.63) is 57.9 Å². The molecule has 2 aromatic carbocycles. The summed E-state index contributed by atoms with van der Waals surface area (Å²) in [5, 5.41) is 5.21. The standard InChI is InChI=1S/C18H15ClN2O3S/c1-23-12-5-3-11(4-6-12)10-20-21-18(22)17-16(19)14-8-7-13(24-2)9-15(14)25-17/h3-10H,1-2H3,(H,21,22)/b20-10-. The topological polar surface area (TPSA) is 59.9 Å². The number of ether oxygens (including phenoxy) is 2. The molecule has 0 unspecified atom stereocenters. The molecule has 1 heterocycles. The first-order valence-corrected chi connectivity index (χ1v) is 8.55. The zero-order valence-electron chi connectivity index (χ0n) is 13.6. The lowest BCUT2D eigenvalue weighted by Gasteiger charge is -1.99. The Morgan fingerprint density at radius 2 is 1.80 bits per heavy atom. The highest BCUT2D eigenvalue weighted by atomic mass is 35.5. The zero-order valence-corrected chi connectivity index (χ0v) is 15.1. The molecule has 5 nitrogen and oxygen atoms in total. The summed E-state index contributed by atoms with van der Waals surface area (Å²) in [6.07, 6.45) is 1.56. The second-order valence-electron chi connectivity index (χ2n) is 5.08. The predicted molar refractivity (Wildman–Crippen MR) is 101 cm³/mol. The van der Waals surface area contributed by atoms with Crippen LogP contribution in [0.5, 0.6) is 11.5 Å². The third-order valence-electron chi connectivity index (χ3n) is 3.54. The lowest BCUT2D eigenvalue weighted by molar-refractivity contribution is 0.0959. The molecular formula is C18H15ClN2O3S. The molecule has 128 valence electrons. The van der Waals surface area contributed by atoms with Crippen LogP contribution >= 0.6 is 22.9 Å². The third kappa shape index (κ3) is 3.75. The molecule has 0 saturated carbocycles. The maximum Gasteiger partial charge on any atom is 0.283 e. The highest BCUT2D eigenvalue weighted by Gasteiger charge is 2.17. The summed E-state index contributed by atoms with van der Waals surface area (Å²) in [5.41, 5.74) is 3.34. The Kier molecular flexibility index (Phi) is 5.21. The fraction of sp³-hybridized carbons (Fsp3) is 0.111. The van der Waals surface area contributed by atoms with Gasteiger partial charge in [-0.2, -0.15) is 5.10 Å². The molecule has 1 amide bonds. The first kappa shape index (κ1) is 17.3. The van der Waals surface area contributed by atoms with Crippen LogP contribution in [0.25, 0.3) is 10.1 Å². The molecule has 0 aliphatic rings. The van der Waals surface area contributed by atoms with Gasteiger partial charge in [-0.1, -0.05) is 11.6 Å². The molecule has 0 saturated heterocycles. The van der Waals surface area contributed by atoms with E-state index in [1.165, 1.54) is 11.3 Å². The van der Waals surface area contributed by atoms with Crippen molar-refractivity contribution in [3.8, 4) is 11.5 Å². The Hall–Kier alpha value is -2.57. The third-order valence-corrected chi connectivity index (χ3v) is 5.19. The second-order valence-corrected chi connectivity index (χ2v) is 6.51. The SMILES string of the molecule is COc1ccc(/C=N\NC(=O)c2sc3cc(OC)ccc3c2Cl)cc1. The quantitative estimate of drug-likeness (QED) is 0.534. The molecule has 0 spiro atoms. The summed E-state index contributed by atoms with van der Waals surface area (Å²) in [7, 11) is 3.20. The molecule has 25 heavy (non-hydrogen) atoms. The Bertz CT molecular complexity index is 935. The maximum absolute atomic E-state index is 12.3. The number of hydrogen-bond acceptors (Lipinski definition) is 5. The largest absolute Gasteiger partial charge is 0.497 e. The van der Waals surface area contributed by atoms with Crippen LogP contribution in [0.1, 0.15) is 15.2 Å². The van der Waals surface area contributed by atoms with Crippen molar-refractivity contribution < 1.29 is 14.3 Å². The second kappa shape index (κ2) is 7.55. The normalized spacial score (nSPS) is 11.0. The number of carbonyl (C=O) groups is 1. The molecule has 7 heteroatoms. The van der Waals surface area contributed by atoms with Crippen molar-refractivity contribution in [1.82, 2.24) is 5.43 Å². The number of nitrogens with zero attached hydrogens (tertiary/aromatic N) is 1. The van der Waals surface area contributed by atoms with E-state index in [0.717, 1.165) is 27.1 Å². The summed E-state index contributed by atoms with van der Waals surface area (Å²) in [5.74, 6) is 1.12. The summed E-state index contributed by atoms with van der Waals surface area (Å²) in [4.78, 5) is 12.7. The molecule has 3 aromatic rings. The number of methoxy groups -OCH3 is 2. The molecule has 0 fully saturated rings. The number of nitrogens with one attached hydrogen (secondary N) is 1. The van der Waals surface area contributed by atoms with Gasteiger partial charge in [-0.25, -0.2) is 5.43 Å². The van der Waals surface area contributed by atoms with Gasteiger partial charge in [-0.3, -0.25) is 4.79 Å². The average Bonchev–Trinajstić information content (AvgIpc) is 2.98. The van der Waals surface area contributed by atoms with Crippen molar-refractivity contribution in [1.29, 1.82) is 0 Å². The fourth-order valence-corrected chi connectivity index (χ4v) is 3.66. The van der Waals surface area contributed by atoms with Crippen molar-refractivity contribution >= 4 is 45.1 Å². The molecule has 1 aromatic heterocycles. The molecule has 0 bridgehead atoms. The van der Waals surface area contributed by atoms with Crippen molar-refractivity contribution in [2.45, 2.75) is 0 Å². The fourth-order valence-electron chi connectivity index (χ4n) is 2.22. The number of rotatable bonds is 5. The molecule has 0 radical (unpaired) electrons. The average molecular weight is 375 g/mol. The van der Waals surface area contributed by atoms with Gasteiger partial charge in [0.05, 0.1) is 25.5 Å².